The van der Waals surface area contributed by atoms with E-state index < -0.39 is 0 Å². The number of nitrogens with one attached hydrogen (secondary N) is 1. The third kappa shape index (κ3) is 6.11. The van der Waals surface area contributed by atoms with Gasteiger partial charge in [-0.1, -0.05) is 40.5 Å². The van der Waals surface area contributed by atoms with Crippen molar-refractivity contribution in [3.63, 3.8) is 0 Å². The van der Waals surface area contributed by atoms with Crippen molar-refractivity contribution >= 4 is 0 Å². The Morgan fingerprint density at radius 3 is 2.45 bits per heavy atom. The van der Waals surface area contributed by atoms with Gasteiger partial charge in [-0.15, -0.1) is 0 Å². The summed E-state index contributed by atoms with van der Waals surface area (Å²) in [5.41, 5.74) is 0.447. The highest BCUT2D eigenvalue weighted by Gasteiger charge is 2.35. The Kier molecular flexibility index (Phi) is 8.08. The zero-order chi connectivity index (χ0) is 15.0. The minimum Gasteiger partial charge on any atom is -0.396 e. The molecule has 0 heterocycles. The molecule has 120 valence electrons. The molecular formula is C17H36N2O. The van der Waals surface area contributed by atoms with Gasteiger partial charge >= 0.3 is 0 Å². The van der Waals surface area contributed by atoms with E-state index in [1.165, 1.54) is 32.2 Å². The first-order chi connectivity index (χ1) is 9.51. The molecule has 1 aliphatic carbocycles. The fourth-order valence-electron chi connectivity index (χ4n) is 3.30. The third-order valence-corrected chi connectivity index (χ3v) is 4.86. The van der Waals surface area contributed by atoms with Crippen molar-refractivity contribution in [1.29, 1.82) is 0 Å². The molecule has 0 unspecified atom stereocenters. The van der Waals surface area contributed by atoms with Crippen LogP contribution >= 0.6 is 0 Å². The van der Waals surface area contributed by atoms with Gasteiger partial charge in [-0.3, -0.25) is 0 Å². The standard InChI is InChI=1S/C17H36N2O/c1-5-19(11-6-12-20)14-17(13-18-15(2)3)9-7-16(4)8-10-17/h15-16,18,20H,5-14H2,1-4H3. The van der Waals surface area contributed by atoms with Crippen LogP contribution in [0.5, 0.6) is 0 Å². The molecule has 0 saturated heterocycles. The van der Waals surface area contributed by atoms with Crippen molar-refractivity contribution < 1.29 is 5.11 Å². The van der Waals surface area contributed by atoms with Crippen LogP contribution in [0, 0.1) is 11.3 Å². The van der Waals surface area contributed by atoms with Crippen LogP contribution in [0.2, 0.25) is 0 Å². The largest absolute Gasteiger partial charge is 0.396 e. The van der Waals surface area contributed by atoms with Crippen molar-refractivity contribution in [1.82, 2.24) is 10.2 Å². The molecule has 0 aromatic heterocycles. The molecule has 2 N–H and O–H groups in total. The second-order valence-corrected chi connectivity index (χ2v) is 7.16. The van der Waals surface area contributed by atoms with Gasteiger partial charge in [-0.05, 0) is 37.1 Å². The van der Waals surface area contributed by atoms with Crippen LogP contribution < -0.4 is 5.32 Å². The molecule has 0 bridgehead atoms. The summed E-state index contributed by atoms with van der Waals surface area (Å²) >= 11 is 0. The SMILES string of the molecule is CCN(CCCO)CC1(CNC(C)C)CCC(C)CC1. The van der Waals surface area contributed by atoms with E-state index in [1.807, 2.05) is 0 Å². The normalized spacial score (nSPS) is 27.4. The number of rotatable bonds is 9. The maximum Gasteiger partial charge on any atom is 0.0443 e. The molecule has 0 aromatic rings. The molecule has 1 saturated carbocycles. The van der Waals surface area contributed by atoms with Crippen LogP contribution in [0.15, 0.2) is 0 Å². The molecule has 0 radical (unpaired) electrons. The monoisotopic (exact) mass is 284 g/mol. The van der Waals surface area contributed by atoms with E-state index in [4.69, 9.17) is 5.11 Å². The number of aliphatic hydroxyl groups excluding tert-OH is 1. The summed E-state index contributed by atoms with van der Waals surface area (Å²) in [6.45, 7) is 13.9. The number of hydrogen-bond acceptors (Lipinski definition) is 3. The van der Waals surface area contributed by atoms with E-state index in [-0.39, 0.29) is 0 Å². The predicted octanol–water partition coefficient (Wildman–Crippen LogP) is 2.89. The third-order valence-electron chi connectivity index (χ3n) is 4.86. The first-order valence-electron chi connectivity index (χ1n) is 8.58. The average molecular weight is 284 g/mol. The topological polar surface area (TPSA) is 35.5 Å². The van der Waals surface area contributed by atoms with Gasteiger partial charge in [0.1, 0.15) is 0 Å². The first kappa shape index (κ1) is 17.9. The lowest BCUT2D eigenvalue weighted by molar-refractivity contribution is 0.0832. The van der Waals surface area contributed by atoms with E-state index >= 15 is 0 Å². The summed E-state index contributed by atoms with van der Waals surface area (Å²) in [7, 11) is 0. The summed E-state index contributed by atoms with van der Waals surface area (Å²) in [5, 5.41) is 12.7. The Morgan fingerprint density at radius 1 is 1.30 bits per heavy atom. The minimum absolute atomic E-state index is 0.310. The molecule has 1 rings (SSSR count). The van der Waals surface area contributed by atoms with Gasteiger partial charge in [0.05, 0.1) is 0 Å². The van der Waals surface area contributed by atoms with Crippen LogP contribution in [-0.4, -0.2) is 48.8 Å². The predicted molar refractivity (Wildman–Crippen MR) is 87.0 cm³/mol. The molecule has 3 heteroatoms. The highest BCUT2D eigenvalue weighted by molar-refractivity contribution is 4.89. The van der Waals surface area contributed by atoms with E-state index in [9.17, 15) is 0 Å². The van der Waals surface area contributed by atoms with Gasteiger partial charge in [0, 0.05) is 32.3 Å². The summed E-state index contributed by atoms with van der Waals surface area (Å²) in [6, 6.07) is 0.568. The van der Waals surface area contributed by atoms with Crippen molar-refractivity contribution in [2.75, 3.05) is 32.8 Å². The molecule has 0 atom stereocenters. The van der Waals surface area contributed by atoms with Gasteiger partial charge in [-0.2, -0.15) is 0 Å². The molecule has 3 nitrogen and oxygen atoms in total. The average Bonchev–Trinajstić information content (AvgIpc) is 2.44. The Hall–Kier alpha value is -0.120. The van der Waals surface area contributed by atoms with Gasteiger partial charge in [0.15, 0.2) is 0 Å². The minimum atomic E-state index is 0.310. The summed E-state index contributed by atoms with van der Waals surface area (Å²) in [5.74, 6) is 0.898. The van der Waals surface area contributed by atoms with E-state index in [1.54, 1.807) is 0 Å². The van der Waals surface area contributed by atoms with E-state index in [2.05, 4.69) is 37.9 Å². The second kappa shape index (κ2) is 9.01. The zero-order valence-corrected chi connectivity index (χ0v) is 14.1. The number of aliphatic hydroxyl groups is 1. The van der Waals surface area contributed by atoms with Crippen LogP contribution in [0.4, 0.5) is 0 Å². The van der Waals surface area contributed by atoms with Crippen molar-refractivity contribution in [3.8, 4) is 0 Å². The number of nitrogens with zero attached hydrogens (tertiary/aromatic N) is 1. The van der Waals surface area contributed by atoms with Gasteiger partial charge in [-0.25, -0.2) is 0 Å². The highest BCUT2D eigenvalue weighted by Crippen LogP contribution is 2.39. The van der Waals surface area contributed by atoms with Crippen LogP contribution in [-0.2, 0) is 0 Å². The Balaban J connectivity index is 2.60. The second-order valence-electron chi connectivity index (χ2n) is 7.16. The lowest BCUT2D eigenvalue weighted by Gasteiger charge is -2.43. The molecule has 20 heavy (non-hydrogen) atoms. The van der Waals surface area contributed by atoms with Crippen molar-refractivity contribution in [2.24, 2.45) is 11.3 Å². The Morgan fingerprint density at radius 2 is 1.95 bits per heavy atom. The molecule has 0 aliphatic heterocycles. The molecular weight excluding hydrogens is 248 g/mol. The smallest absolute Gasteiger partial charge is 0.0443 e. The summed E-state index contributed by atoms with van der Waals surface area (Å²) in [6.07, 6.45) is 6.35. The lowest BCUT2D eigenvalue weighted by atomic mass is 9.70. The molecule has 0 spiro atoms. The molecule has 1 fully saturated rings. The Labute approximate surface area is 126 Å². The van der Waals surface area contributed by atoms with E-state index in [0.717, 1.165) is 32.0 Å². The summed E-state index contributed by atoms with van der Waals surface area (Å²) in [4.78, 5) is 2.54. The summed E-state index contributed by atoms with van der Waals surface area (Å²) < 4.78 is 0. The molecule has 0 aromatic carbocycles. The van der Waals surface area contributed by atoms with Crippen LogP contribution in [0.3, 0.4) is 0 Å². The fraction of sp³-hybridized carbons (Fsp3) is 1.00. The number of hydrogen-bond donors (Lipinski definition) is 2. The first-order valence-corrected chi connectivity index (χ1v) is 8.58. The Bertz CT molecular complexity index is 247. The van der Waals surface area contributed by atoms with Gasteiger partial charge in [0.2, 0.25) is 0 Å². The quantitative estimate of drug-likeness (QED) is 0.683. The fourth-order valence-corrected chi connectivity index (χ4v) is 3.30. The molecule has 1 aliphatic rings. The molecule has 0 amide bonds. The van der Waals surface area contributed by atoms with Crippen molar-refractivity contribution in [3.05, 3.63) is 0 Å². The van der Waals surface area contributed by atoms with Crippen molar-refractivity contribution in [2.45, 2.75) is 65.8 Å². The zero-order valence-electron chi connectivity index (χ0n) is 14.1. The maximum atomic E-state index is 9.05. The van der Waals surface area contributed by atoms with Crippen LogP contribution in [0.1, 0.15) is 59.8 Å². The van der Waals surface area contributed by atoms with Crippen LogP contribution in [0.25, 0.3) is 0 Å². The maximum absolute atomic E-state index is 9.05. The van der Waals surface area contributed by atoms with Gasteiger partial charge in [0.25, 0.3) is 0 Å². The van der Waals surface area contributed by atoms with Gasteiger partial charge < -0.3 is 15.3 Å². The lowest BCUT2D eigenvalue weighted by Crippen LogP contribution is -2.47. The highest BCUT2D eigenvalue weighted by atomic mass is 16.3. The van der Waals surface area contributed by atoms with E-state index in [0.29, 0.717) is 18.1 Å².